The first-order valence-corrected chi connectivity index (χ1v) is 17.0. The smallest absolute Gasteiger partial charge is 0.417 e. The Kier molecular flexibility index (Phi) is 9.01. The second-order valence-corrected chi connectivity index (χ2v) is 14.0. The van der Waals surface area contributed by atoms with E-state index in [-0.39, 0.29) is 49.4 Å². The number of nitrogen functional groups attached to an aromatic ring is 1. The van der Waals surface area contributed by atoms with Gasteiger partial charge < -0.3 is 29.7 Å². The molecule has 2 fully saturated rings. The molecule has 1 amide bonds. The van der Waals surface area contributed by atoms with Gasteiger partial charge in [0.05, 0.1) is 48.8 Å². The molecule has 2 aromatic heterocycles. The molecule has 2 unspecified atom stereocenters. The number of methoxy groups -OCH3 is 1. The second-order valence-electron chi connectivity index (χ2n) is 14.0. The van der Waals surface area contributed by atoms with Crippen molar-refractivity contribution in [1.82, 2.24) is 29.5 Å². The van der Waals surface area contributed by atoms with Crippen molar-refractivity contribution in [3.05, 3.63) is 51.2 Å². The van der Waals surface area contributed by atoms with E-state index < -0.39 is 46.6 Å². The van der Waals surface area contributed by atoms with Crippen LogP contribution in [0.5, 0.6) is 11.8 Å². The van der Waals surface area contributed by atoms with Crippen molar-refractivity contribution in [2.75, 3.05) is 58.1 Å². The summed E-state index contributed by atoms with van der Waals surface area (Å²) in [6, 6.07) is 0.943. The van der Waals surface area contributed by atoms with Crippen molar-refractivity contribution in [1.29, 1.82) is 0 Å². The molecule has 276 valence electrons. The Balaban J connectivity index is 1.29. The molecule has 6 heterocycles. The molecule has 3 atom stereocenters. The predicted molar refractivity (Wildman–Crippen MR) is 175 cm³/mol. The summed E-state index contributed by atoms with van der Waals surface area (Å²) in [6.45, 7) is 3.40. The molecule has 3 aromatic rings. The lowest BCUT2D eigenvalue weighted by Gasteiger charge is -2.33. The summed E-state index contributed by atoms with van der Waals surface area (Å²) in [5.74, 6) is -0.767. The van der Waals surface area contributed by atoms with E-state index in [0.29, 0.717) is 61.0 Å². The highest BCUT2D eigenvalue weighted by Crippen LogP contribution is 2.45. The minimum atomic E-state index is -4.87. The van der Waals surface area contributed by atoms with Gasteiger partial charge in [-0.15, -0.1) is 0 Å². The number of fused-ring (bicyclic) bond motifs is 3. The SMILES string of the molecule is COc1c(C(=O)N(C)C)nn2c1CN(c1nc(OC[C@@]34CCCN3CC(F)C4)nc3c1COC(c1c(F)c(N)cc(C)c1C(F)(F)F)C3)CCC2. The quantitative estimate of drug-likeness (QED) is 0.274. The number of hydrogen-bond donors (Lipinski definition) is 1. The van der Waals surface area contributed by atoms with Gasteiger partial charge in [0.25, 0.3) is 5.91 Å². The standard InChI is InChI=1S/C34H41F5N8O4/c1-18-11-21(40)27(36)25(26(18)34(37,38)39)24-12-22-20(16-50-24)30(42-32(41-22)51-17-33-7-5-9-46(33)14-19(35)13-33)45-8-6-10-47-23(15-45)29(49-4)28(43-47)31(48)44(2)3/h11,19,24H,5-10,12-17,40H2,1-4H3/t19?,24?,33-/m0/s1. The molecule has 0 bridgehead atoms. The van der Waals surface area contributed by atoms with Crippen LogP contribution in [0.25, 0.3) is 0 Å². The van der Waals surface area contributed by atoms with Gasteiger partial charge >= 0.3 is 12.2 Å². The van der Waals surface area contributed by atoms with Crippen LogP contribution in [0, 0.1) is 12.7 Å². The lowest BCUT2D eigenvalue weighted by Crippen LogP contribution is -2.43. The molecule has 1 aromatic carbocycles. The lowest BCUT2D eigenvalue weighted by molar-refractivity contribution is -0.140. The van der Waals surface area contributed by atoms with Gasteiger partial charge in [-0.05, 0) is 44.4 Å². The number of halogens is 5. The second kappa shape index (κ2) is 13.1. The number of benzene rings is 1. The fourth-order valence-corrected chi connectivity index (χ4v) is 8.15. The maximum atomic E-state index is 15.5. The van der Waals surface area contributed by atoms with Crippen LogP contribution in [0.4, 0.5) is 33.5 Å². The Hall–Kier alpha value is -4.25. The molecule has 2 N–H and O–H groups in total. The van der Waals surface area contributed by atoms with Crippen molar-refractivity contribution in [3.8, 4) is 11.8 Å². The molecule has 12 nitrogen and oxygen atoms in total. The third kappa shape index (κ3) is 6.21. The number of rotatable bonds is 7. The van der Waals surface area contributed by atoms with E-state index in [0.717, 1.165) is 25.5 Å². The van der Waals surface area contributed by atoms with Crippen LogP contribution < -0.4 is 20.1 Å². The van der Waals surface area contributed by atoms with Gasteiger partial charge in [-0.3, -0.25) is 14.4 Å². The monoisotopic (exact) mass is 720 g/mol. The van der Waals surface area contributed by atoms with Crippen molar-refractivity contribution in [3.63, 3.8) is 0 Å². The van der Waals surface area contributed by atoms with E-state index >= 15 is 4.39 Å². The zero-order chi connectivity index (χ0) is 36.4. The van der Waals surface area contributed by atoms with Gasteiger partial charge in [-0.2, -0.15) is 28.2 Å². The van der Waals surface area contributed by atoms with Crippen molar-refractivity contribution >= 4 is 17.4 Å². The lowest BCUT2D eigenvalue weighted by atomic mass is 9.91. The third-order valence-corrected chi connectivity index (χ3v) is 10.5. The maximum absolute atomic E-state index is 15.5. The Morgan fingerprint density at radius 1 is 1.20 bits per heavy atom. The van der Waals surface area contributed by atoms with Crippen LogP contribution in [0.1, 0.15) is 75.9 Å². The van der Waals surface area contributed by atoms with E-state index in [4.69, 9.17) is 24.9 Å². The van der Waals surface area contributed by atoms with Gasteiger partial charge in [-0.25, -0.2) is 8.78 Å². The van der Waals surface area contributed by atoms with Crippen LogP contribution in [0.2, 0.25) is 0 Å². The first kappa shape index (κ1) is 35.2. The Morgan fingerprint density at radius 2 is 1.98 bits per heavy atom. The van der Waals surface area contributed by atoms with Crippen molar-refractivity contribution in [2.24, 2.45) is 0 Å². The normalized spacial score (nSPS) is 23.4. The zero-order valence-corrected chi connectivity index (χ0v) is 28.9. The fraction of sp³-hybridized carbons (Fsp3) is 0.588. The summed E-state index contributed by atoms with van der Waals surface area (Å²) in [4.78, 5) is 27.9. The van der Waals surface area contributed by atoms with E-state index in [1.165, 1.54) is 18.9 Å². The largest absolute Gasteiger partial charge is 0.492 e. The van der Waals surface area contributed by atoms with Gasteiger partial charge in [0.1, 0.15) is 24.3 Å². The molecule has 7 rings (SSSR count). The number of nitrogens with two attached hydrogens (primary N) is 1. The summed E-state index contributed by atoms with van der Waals surface area (Å²) >= 11 is 0. The minimum absolute atomic E-state index is 0.0265. The van der Waals surface area contributed by atoms with Gasteiger partial charge in [0, 0.05) is 57.7 Å². The summed E-state index contributed by atoms with van der Waals surface area (Å²) in [6.07, 6.45) is -4.85. The molecule has 0 radical (unpaired) electrons. The van der Waals surface area contributed by atoms with Gasteiger partial charge in [0.2, 0.25) is 0 Å². The van der Waals surface area contributed by atoms with Gasteiger partial charge in [0.15, 0.2) is 17.3 Å². The average Bonchev–Trinajstić information content (AvgIpc) is 3.67. The summed E-state index contributed by atoms with van der Waals surface area (Å²) in [5, 5.41) is 4.56. The van der Waals surface area contributed by atoms with E-state index in [1.54, 1.807) is 18.8 Å². The molecule has 4 aliphatic heterocycles. The molecule has 17 heteroatoms. The molecule has 0 saturated carbocycles. The molecule has 51 heavy (non-hydrogen) atoms. The first-order valence-electron chi connectivity index (χ1n) is 17.0. The van der Waals surface area contributed by atoms with Crippen molar-refractivity contribution < 1.29 is 41.0 Å². The van der Waals surface area contributed by atoms with Crippen LogP contribution in [0.3, 0.4) is 0 Å². The summed E-state index contributed by atoms with van der Waals surface area (Å²) in [7, 11) is 4.72. The van der Waals surface area contributed by atoms with Crippen LogP contribution in [0.15, 0.2) is 6.07 Å². The summed E-state index contributed by atoms with van der Waals surface area (Å²) in [5.41, 5.74) is 4.53. The number of carbonyl (C=O) groups is 1. The number of aryl methyl sites for hydroxylation is 2. The maximum Gasteiger partial charge on any atom is 0.417 e. The number of anilines is 2. The van der Waals surface area contributed by atoms with E-state index in [9.17, 15) is 22.4 Å². The first-order chi connectivity index (χ1) is 24.2. The highest BCUT2D eigenvalue weighted by atomic mass is 19.4. The number of carbonyl (C=O) groups excluding carboxylic acids is 1. The number of ether oxygens (including phenoxy) is 3. The van der Waals surface area contributed by atoms with Crippen LogP contribution in [-0.4, -0.2) is 94.6 Å². The van der Waals surface area contributed by atoms with Crippen molar-refractivity contribution in [2.45, 2.75) is 82.7 Å². The average molecular weight is 721 g/mol. The molecular formula is C34H41F5N8O4. The third-order valence-electron chi connectivity index (χ3n) is 10.5. The van der Waals surface area contributed by atoms with Gasteiger partial charge in [-0.1, -0.05) is 0 Å². The molecule has 4 aliphatic rings. The Labute approximate surface area is 291 Å². The zero-order valence-electron chi connectivity index (χ0n) is 28.9. The number of aromatic nitrogens is 4. The fourth-order valence-electron chi connectivity index (χ4n) is 8.15. The van der Waals surface area contributed by atoms with Crippen LogP contribution in [-0.2, 0) is 37.0 Å². The molecule has 0 spiro atoms. The predicted octanol–water partition coefficient (Wildman–Crippen LogP) is 4.61. The highest BCUT2D eigenvalue weighted by Gasteiger charge is 2.49. The number of amides is 1. The topological polar surface area (TPSA) is 124 Å². The molecule has 2 saturated heterocycles. The summed E-state index contributed by atoms with van der Waals surface area (Å²) < 4.78 is 92.9. The molecule has 0 aliphatic carbocycles. The highest BCUT2D eigenvalue weighted by molar-refractivity contribution is 5.95. The molecular weight excluding hydrogens is 679 g/mol. The Morgan fingerprint density at radius 3 is 2.71 bits per heavy atom. The van der Waals surface area contributed by atoms with E-state index in [2.05, 4.69) is 15.0 Å². The number of nitrogens with zero attached hydrogens (tertiary/aromatic N) is 7. The van der Waals surface area contributed by atoms with E-state index in [1.807, 2.05) is 4.90 Å². The Bertz CT molecular complexity index is 1850. The van der Waals surface area contributed by atoms with Crippen LogP contribution >= 0.6 is 0 Å². The number of hydrogen-bond acceptors (Lipinski definition) is 10. The minimum Gasteiger partial charge on any atom is -0.492 e. The number of alkyl halides is 4.